The monoisotopic (exact) mass is 265 g/mol. The van der Waals surface area contributed by atoms with Gasteiger partial charge >= 0.3 is 5.97 Å². The molecule has 1 aromatic rings. The maximum Gasteiger partial charge on any atom is 0.325 e. The summed E-state index contributed by atoms with van der Waals surface area (Å²) in [4.78, 5) is 26.6. The molecule has 0 bridgehead atoms. The van der Waals surface area contributed by atoms with E-state index in [2.05, 4.69) is 4.74 Å². The Balaban J connectivity index is 3.04. The van der Waals surface area contributed by atoms with Crippen LogP contribution in [-0.4, -0.2) is 51.6 Å². The molecule has 0 fully saturated rings. The number of likely N-dealkylation sites (N-methyl/N-ethyl adjacent to an activating group) is 1. The SMILES string of the molecule is COC(=O)CN(C)C(=O)c1cc(N)ccc1N(C)C. The highest BCUT2D eigenvalue weighted by Gasteiger charge is 2.19. The molecule has 0 atom stereocenters. The second-order valence-electron chi connectivity index (χ2n) is 4.41. The molecule has 0 aliphatic heterocycles. The number of esters is 1. The number of benzene rings is 1. The fourth-order valence-electron chi connectivity index (χ4n) is 1.65. The summed E-state index contributed by atoms with van der Waals surface area (Å²) in [6, 6.07) is 5.10. The Bertz CT molecular complexity index is 486. The van der Waals surface area contributed by atoms with Crippen molar-refractivity contribution in [2.45, 2.75) is 0 Å². The molecule has 0 saturated carbocycles. The number of ether oxygens (including phenoxy) is 1. The minimum absolute atomic E-state index is 0.100. The lowest BCUT2D eigenvalue weighted by Gasteiger charge is -2.21. The fourth-order valence-corrected chi connectivity index (χ4v) is 1.65. The lowest BCUT2D eigenvalue weighted by Crippen LogP contribution is -2.33. The van der Waals surface area contributed by atoms with Crippen molar-refractivity contribution in [1.82, 2.24) is 4.90 Å². The van der Waals surface area contributed by atoms with Crippen LogP contribution >= 0.6 is 0 Å². The summed E-state index contributed by atoms with van der Waals surface area (Å²) in [5.74, 6) is -0.743. The molecule has 6 nitrogen and oxygen atoms in total. The highest BCUT2D eigenvalue weighted by atomic mass is 16.5. The van der Waals surface area contributed by atoms with Crippen molar-refractivity contribution in [2.75, 3.05) is 45.4 Å². The first-order chi connectivity index (χ1) is 8.86. The van der Waals surface area contributed by atoms with E-state index < -0.39 is 5.97 Å². The van der Waals surface area contributed by atoms with E-state index in [9.17, 15) is 9.59 Å². The molecule has 1 rings (SSSR count). The van der Waals surface area contributed by atoms with E-state index in [0.717, 1.165) is 5.69 Å². The van der Waals surface area contributed by atoms with Crippen LogP contribution < -0.4 is 10.6 Å². The van der Waals surface area contributed by atoms with Gasteiger partial charge in [0.2, 0.25) is 0 Å². The number of anilines is 2. The van der Waals surface area contributed by atoms with Gasteiger partial charge in [-0.2, -0.15) is 0 Å². The molecular weight excluding hydrogens is 246 g/mol. The first-order valence-electron chi connectivity index (χ1n) is 5.76. The number of nitrogen functional groups attached to an aromatic ring is 1. The zero-order valence-corrected chi connectivity index (χ0v) is 11.6. The standard InChI is InChI=1S/C13H19N3O3/c1-15(2)11-6-5-9(14)7-10(11)13(18)16(3)8-12(17)19-4/h5-7H,8,14H2,1-4H3. The number of hydrogen-bond donors (Lipinski definition) is 1. The molecule has 0 saturated heterocycles. The second-order valence-corrected chi connectivity index (χ2v) is 4.41. The minimum atomic E-state index is -0.467. The lowest BCUT2D eigenvalue weighted by atomic mass is 10.1. The number of carbonyl (C=O) groups is 2. The number of hydrogen-bond acceptors (Lipinski definition) is 5. The molecule has 1 aromatic carbocycles. The summed E-state index contributed by atoms with van der Waals surface area (Å²) < 4.78 is 4.54. The average molecular weight is 265 g/mol. The van der Waals surface area contributed by atoms with E-state index in [1.807, 2.05) is 19.0 Å². The van der Waals surface area contributed by atoms with Gasteiger partial charge < -0.3 is 20.3 Å². The van der Waals surface area contributed by atoms with E-state index in [1.54, 1.807) is 25.2 Å². The van der Waals surface area contributed by atoms with Gasteiger partial charge in [-0.1, -0.05) is 0 Å². The van der Waals surface area contributed by atoms with Crippen molar-refractivity contribution in [2.24, 2.45) is 0 Å². The predicted octanol–water partition coefficient (Wildman–Crippen LogP) is 0.580. The molecule has 0 spiro atoms. The van der Waals surface area contributed by atoms with Crippen LogP contribution in [0.25, 0.3) is 0 Å². The van der Waals surface area contributed by atoms with Crippen molar-refractivity contribution in [3.8, 4) is 0 Å². The quantitative estimate of drug-likeness (QED) is 0.636. The Morgan fingerprint density at radius 3 is 2.42 bits per heavy atom. The average Bonchev–Trinajstić information content (AvgIpc) is 2.36. The van der Waals surface area contributed by atoms with Gasteiger partial charge in [0.1, 0.15) is 6.54 Å². The van der Waals surface area contributed by atoms with Crippen molar-refractivity contribution >= 4 is 23.3 Å². The van der Waals surface area contributed by atoms with Gasteiger partial charge in [0.15, 0.2) is 0 Å². The van der Waals surface area contributed by atoms with Gasteiger partial charge in [0.25, 0.3) is 5.91 Å². The summed E-state index contributed by atoms with van der Waals surface area (Å²) in [6.45, 7) is -0.100. The van der Waals surface area contributed by atoms with Crippen LogP contribution in [0.1, 0.15) is 10.4 Å². The van der Waals surface area contributed by atoms with Crippen LogP contribution in [0.3, 0.4) is 0 Å². The summed E-state index contributed by atoms with van der Waals surface area (Å²) in [7, 11) is 6.50. The Hall–Kier alpha value is -2.24. The maximum atomic E-state index is 12.3. The van der Waals surface area contributed by atoms with E-state index >= 15 is 0 Å². The van der Waals surface area contributed by atoms with Crippen LogP contribution in [-0.2, 0) is 9.53 Å². The molecule has 0 unspecified atom stereocenters. The third kappa shape index (κ3) is 3.61. The van der Waals surface area contributed by atoms with Gasteiger partial charge in [-0.3, -0.25) is 9.59 Å². The molecule has 104 valence electrons. The maximum absolute atomic E-state index is 12.3. The van der Waals surface area contributed by atoms with E-state index in [1.165, 1.54) is 12.0 Å². The molecule has 2 N–H and O–H groups in total. The van der Waals surface area contributed by atoms with Crippen LogP contribution in [0.5, 0.6) is 0 Å². The molecule has 1 amide bonds. The topological polar surface area (TPSA) is 75.9 Å². The van der Waals surface area contributed by atoms with Crippen molar-refractivity contribution in [3.05, 3.63) is 23.8 Å². The zero-order chi connectivity index (χ0) is 14.6. The Morgan fingerprint density at radius 1 is 1.26 bits per heavy atom. The van der Waals surface area contributed by atoms with E-state index in [4.69, 9.17) is 5.73 Å². The van der Waals surface area contributed by atoms with Crippen LogP contribution in [0.4, 0.5) is 11.4 Å². The molecule has 0 aliphatic carbocycles. The summed E-state index contributed by atoms with van der Waals surface area (Å²) in [5, 5.41) is 0. The van der Waals surface area contributed by atoms with Gasteiger partial charge in [0, 0.05) is 32.5 Å². The molecule has 6 heteroatoms. The predicted molar refractivity (Wildman–Crippen MR) is 74.2 cm³/mol. The Labute approximate surface area is 112 Å². The molecule has 0 radical (unpaired) electrons. The molecule has 19 heavy (non-hydrogen) atoms. The number of rotatable bonds is 4. The number of nitrogens with zero attached hydrogens (tertiary/aromatic N) is 2. The summed E-state index contributed by atoms with van der Waals surface area (Å²) >= 11 is 0. The lowest BCUT2D eigenvalue weighted by molar-refractivity contribution is -0.141. The van der Waals surface area contributed by atoms with E-state index in [-0.39, 0.29) is 12.5 Å². The highest BCUT2D eigenvalue weighted by Crippen LogP contribution is 2.22. The Kier molecular flexibility index (Phi) is 4.74. The molecule has 0 heterocycles. The van der Waals surface area contributed by atoms with Crippen molar-refractivity contribution in [1.29, 1.82) is 0 Å². The second kappa shape index (κ2) is 6.08. The Morgan fingerprint density at radius 2 is 1.89 bits per heavy atom. The highest BCUT2D eigenvalue weighted by molar-refractivity contribution is 6.01. The normalized spacial score (nSPS) is 9.89. The first kappa shape index (κ1) is 14.8. The minimum Gasteiger partial charge on any atom is -0.468 e. The third-order valence-electron chi connectivity index (χ3n) is 2.67. The first-order valence-corrected chi connectivity index (χ1v) is 5.76. The fraction of sp³-hybridized carbons (Fsp3) is 0.385. The van der Waals surface area contributed by atoms with Gasteiger partial charge in [-0.15, -0.1) is 0 Å². The van der Waals surface area contributed by atoms with Crippen molar-refractivity contribution in [3.63, 3.8) is 0 Å². The van der Waals surface area contributed by atoms with Crippen LogP contribution in [0, 0.1) is 0 Å². The van der Waals surface area contributed by atoms with Gasteiger partial charge in [-0.05, 0) is 18.2 Å². The van der Waals surface area contributed by atoms with Crippen LogP contribution in [0.2, 0.25) is 0 Å². The van der Waals surface area contributed by atoms with Crippen LogP contribution in [0.15, 0.2) is 18.2 Å². The third-order valence-corrected chi connectivity index (χ3v) is 2.67. The number of amides is 1. The number of nitrogens with two attached hydrogens (primary N) is 1. The molecule has 0 aromatic heterocycles. The largest absolute Gasteiger partial charge is 0.468 e. The summed E-state index contributed by atoms with van der Waals surface area (Å²) in [5.41, 5.74) is 7.41. The zero-order valence-electron chi connectivity index (χ0n) is 11.6. The number of methoxy groups -OCH3 is 1. The molecular formula is C13H19N3O3. The van der Waals surface area contributed by atoms with Gasteiger partial charge in [0.05, 0.1) is 12.7 Å². The molecule has 0 aliphatic rings. The summed E-state index contributed by atoms with van der Waals surface area (Å²) in [6.07, 6.45) is 0. The smallest absolute Gasteiger partial charge is 0.325 e. The number of carbonyl (C=O) groups excluding carboxylic acids is 2. The van der Waals surface area contributed by atoms with Gasteiger partial charge in [-0.25, -0.2) is 0 Å². The van der Waals surface area contributed by atoms with E-state index in [0.29, 0.717) is 11.3 Å². The van der Waals surface area contributed by atoms with Crippen molar-refractivity contribution < 1.29 is 14.3 Å².